The molecule has 2 saturated carbocycles. The molecule has 0 aromatic carbocycles. The molecule has 2 aliphatic carbocycles. The van der Waals surface area contributed by atoms with E-state index >= 15 is 0 Å². The van der Waals surface area contributed by atoms with Gasteiger partial charge in [-0.15, -0.1) is 0 Å². The molecule has 0 radical (unpaired) electrons. The summed E-state index contributed by atoms with van der Waals surface area (Å²) in [5, 5.41) is 12.6. The lowest BCUT2D eigenvalue weighted by atomic mass is 9.86. The molecule has 0 aromatic rings. The summed E-state index contributed by atoms with van der Waals surface area (Å²) in [6.07, 6.45) is 10.1. The van der Waals surface area contributed by atoms with Crippen LogP contribution in [0.15, 0.2) is 0 Å². The Morgan fingerprint density at radius 2 is 1.73 bits per heavy atom. The van der Waals surface area contributed by atoms with Crippen LogP contribution in [0.1, 0.15) is 51.4 Å². The second kappa shape index (κ2) is 7.64. The van der Waals surface area contributed by atoms with E-state index in [0.717, 1.165) is 0 Å². The van der Waals surface area contributed by atoms with Crippen LogP contribution in [0.5, 0.6) is 0 Å². The third kappa shape index (κ3) is 3.74. The van der Waals surface area contributed by atoms with Gasteiger partial charge in [-0.05, 0) is 37.5 Å². The van der Waals surface area contributed by atoms with Gasteiger partial charge in [0.1, 0.15) is 0 Å². The number of carbonyl (C=O) groups excluding carboxylic acids is 1. The molecule has 1 heterocycles. The van der Waals surface area contributed by atoms with E-state index in [1.807, 2.05) is 4.90 Å². The van der Waals surface area contributed by atoms with Gasteiger partial charge in [0.2, 0.25) is 0 Å². The summed E-state index contributed by atoms with van der Waals surface area (Å²) in [7, 11) is 0. The minimum absolute atomic E-state index is 0.0154. The van der Waals surface area contributed by atoms with E-state index in [4.69, 9.17) is 4.74 Å². The summed E-state index contributed by atoms with van der Waals surface area (Å²) in [6.45, 7) is 1.64. The summed E-state index contributed by atoms with van der Waals surface area (Å²) in [6, 6.07) is 0.401. The maximum atomic E-state index is 12.7. The predicted octanol–water partition coefficient (Wildman–Crippen LogP) is 2.14. The van der Waals surface area contributed by atoms with Gasteiger partial charge in [-0.25, -0.2) is 4.79 Å². The number of urea groups is 1. The summed E-state index contributed by atoms with van der Waals surface area (Å²) in [5.41, 5.74) is 0. The fraction of sp³-hybridized carbons (Fsp3) is 0.941. The van der Waals surface area contributed by atoms with E-state index in [9.17, 15) is 9.90 Å². The van der Waals surface area contributed by atoms with E-state index in [2.05, 4.69) is 5.32 Å². The summed E-state index contributed by atoms with van der Waals surface area (Å²) in [4.78, 5) is 14.5. The van der Waals surface area contributed by atoms with Gasteiger partial charge in [-0.1, -0.05) is 25.7 Å². The Bertz CT molecular complexity index is 349. The molecule has 1 aliphatic heterocycles. The van der Waals surface area contributed by atoms with Crippen LogP contribution in [0.4, 0.5) is 4.79 Å². The topological polar surface area (TPSA) is 61.8 Å². The minimum Gasteiger partial charge on any atom is -0.394 e. The second-order valence-electron chi connectivity index (χ2n) is 7.19. The lowest BCUT2D eigenvalue weighted by Crippen LogP contribution is -2.54. The molecule has 3 aliphatic rings. The molecule has 5 heteroatoms. The largest absolute Gasteiger partial charge is 0.394 e. The lowest BCUT2D eigenvalue weighted by molar-refractivity contribution is -0.0408. The second-order valence-corrected chi connectivity index (χ2v) is 7.19. The standard InChI is InChI=1S/C17H30N2O3/c20-12-15-11-19(9-10-22-15)17(21)18-16(13-5-1-2-6-13)14-7-3-4-8-14/h13-16,20H,1-12H2,(H,18,21)/t15-/m0/s1. The molecule has 0 bridgehead atoms. The van der Waals surface area contributed by atoms with Crippen LogP contribution in [-0.4, -0.2) is 54.5 Å². The highest BCUT2D eigenvalue weighted by Gasteiger charge is 2.35. The van der Waals surface area contributed by atoms with E-state index < -0.39 is 0 Å². The first-order valence-corrected chi connectivity index (χ1v) is 9.06. The van der Waals surface area contributed by atoms with Crippen LogP contribution >= 0.6 is 0 Å². The molecule has 0 unspecified atom stereocenters. The maximum Gasteiger partial charge on any atom is 0.317 e. The normalized spacial score (nSPS) is 27.7. The van der Waals surface area contributed by atoms with E-state index in [1.54, 1.807) is 0 Å². The Hall–Kier alpha value is -0.810. The van der Waals surface area contributed by atoms with Gasteiger partial charge in [0, 0.05) is 12.6 Å². The minimum atomic E-state index is -0.226. The Labute approximate surface area is 133 Å². The Morgan fingerprint density at radius 1 is 1.14 bits per heavy atom. The zero-order chi connectivity index (χ0) is 15.4. The number of hydrogen-bond acceptors (Lipinski definition) is 3. The number of morpholine rings is 1. The number of aliphatic hydroxyl groups is 1. The van der Waals surface area contributed by atoms with Crippen molar-refractivity contribution in [3.05, 3.63) is 0 Å². The number of nitrogens with one attached hydrogen (secondary N) is 1. The molecule has 1 saturated heterocycles. The fourth-order valence-corrected chi connectivity index (χ4v) is 4.50. The number of aliphatic hydroxyl groups excluding tert-OH is 1. The highest BCUT2D eigenvalue weighted by Crippen LogP contribution is 2.37. The van der Waals surface area contributed by atoms with Crippen molar-refractivity contribution in [2.24, 2.45) is 11.8 Å². The smallest absolute Gasteiger partial charge is 0.317 e. The third-order valence-electron chi connectivity index (χ3n) is 5.74. The first-order valence-electron chi connectivity index (χ1n) is 9.06. The Balaban J connectivity index is 1.60. The molecule has 126 valence electrons. The zero-order valence-electron chi connectivity index (χ0n) is 13.5. The van der Waals surface area contributed by atoms with Gasteiger partial charge in [-0.2, -0.15) is 0 Å². The first kappa shape index (κ1) is 16.1. The van der Waals surface area contributed by atoms with Crippen molar-refractivity contribution >= 4 is 6.03 Å². The molecular formula is C17H30N2O3. The molecule has 0 spiro atoms. The third-order valence-corrected chi connectivity index (χ3v) is 5.74. The van der Waals surface area contributed by atoms with Gasteiger partial charge < -0.3 is 20.1 Å². The van der Waals surface area contributed by atoms with Gasteiger partial charge in [0.15, 0.2) is 0 Å². The SMILES string of the molecule is O=C(NC(C1CCCC1)C1CCCC1)N1CCO[C@H](CO)C1. The first-order chi connectivity index (χ1) is 10.8. The molecule has 1 atom stereocenters. The van der Waals surface area contributed by atoms with Crippen molar-refractivity contribution in [2.45, 2.75) is 63.5 Å². The van der Waals surface area contributed by atoms with Crippen LogP contribution in [0.25, 0.3) is 0 Å². The van der Waals surface area contributed by atoms with Crippen molar-refractivity contribution < 1.29 is 14.6 Å². The number of ether oxygens (including phenoxy) is 1. The zero-order valence-corrected chi connectivity index (χ0v) is 13.5. The van der Waals surface area contributed by atoms with Crippen LogP contribution in [0.3, 0.4) is 0 Å². The summed E-state index contributed by atoms with van der Waals surface area (Å²) < 4.78 is 5.44. The fourth-order valence-electron chi connectivity index (χ4n) is 4.50. The van der Waals surface area contributed by atoms with Crippen LogP contribution in [0.2, 0.25) is 0 Å². The summed E-state index contributed by atoms with van der Waals surface area (Å²) in [5.74, 6) is 1.34. The molecule has 2 amide bonds. The van der Waals surface area contributed by atoms with Gasteiger partial charge in [-0.3, -0.25) is 0 Å². The van der Waals surface area contributed by atoms with Crippen molar-refractivity contribution in [3.63, 3.8) is 0 Å². The van der Waals surface area contributed by atoms with Crippen LogP contribution in [0, 0.1) is 11.8 Å². The Kier molecular flexibility index (Phi) is 5.58. The van der Waals surface area contributed by atoms with Crippen LogP contribution in [-0.2, 0) is 4.74 Å². The molecule has 22 heavy (non-hydrogen) atoms. The van der Waals surface area contributed by atoms with Gasteiger partial charge >= 0.3 is 6.03 Å². The average molecular weight is 310 g/mol. The monoisotopic (exact) mass is 310 g/mol. The quantitative estimate of drug-likeness (QED) is 0.836. The number of rotatable bonds is 4. The lowest BCUT2D eigenvalue weighted by Gasteiger charge is -2.36. The van der Waals surface area contributed by atoms with E-state index in [0.29, 0.717) is 37.6 Å². The van der Waals surface area contributed by atoms with E-state index in [-0.39, 0.29) is 18.7 Å². The maximum absolute atomic E-state index is 12.7. The molecular weight excluding hydrogens is 280 g/mol. The number of carbonyl (C=O) groups is 1. The van der Waals surface area contributed by atoms with Crippen LogP contribution < -0.4 is 5.32 Å². The number of hydrogen-bond donors (Lipinski definition) is 2. The van der Waals surface area contributed by atoms with Crippen molar-refractivity contribution in [2.75, 3.05) is 26.3 Å². The highest BCUT2D eigenvalue weighted by molar-refractivity contribution is 5.74. The van der Waals surface area contributed by atoms with Crippen molar-refractivity contribution in [1.82, 2.24) is 10.2 Å². The highest BCUT2D eigenvalue weighted by atomic mass is 16.5. The molecule has 5 nitrogen and oxygen atoms in total. The molecule has 3 rings (SSSR count). The van der Waals surface area contributed by atoms with Gasteiger partial charge in [0.25, 0.3) is 0 Å². The molecule has 3 fully saturated rings. The number of amides is 2. The van der Waals surface area contributed by atoms with Crippen molar-refractivity contribution in [3.8, 4) is 0 Å². The summed E-state index contributed by atoms with van der Waals surface area (Å²) >= 11 is 0. The average Bonchev–Trinajstić information content (AvgIpc) is 3.26. The predicted molar refractivity (Wildman–Crippen MR) is 84.6 cm³/mol. The van der Waals surface area contributed by atoms with E-state index in [1.165, 1.54) is 51.4 Å². The van der Waals surface area contributed by atoms with Gasteiger partial charge in [0.05, 0.1) is 25.9 Å². The Morgan fingerprint density at radius 3 is 2.27 bits per heavy atom. The molecule has 2 N–H and O–H groups in total. The van der Waals surface area contributed by atoms with Crippen molar-refractivity contribution in [1.29, 1.82) is 0 Å². The molecule has 0 aromatic heterocycles. The number of nitrogens with zero attached hydrogens (tertiary/aromatic N) is 1.